The third-order valence-electron chi connectivity index (χ3n) is 3.46. The molecule has 6 heteroatoms. The largest absolute Gasteiger partial charge is 0.378 e. The SMILES string of the molecule is CCN(CC)CCSc1cc2c(cc1F)C(O)C(=O)N2. The first-order valence-corrected chi connectivity index (χ1v) is 7.72. The lowest BCUT2D eigenvalue weighted by atomic mass is 10.1. The minimum absolute atomic E-state index is 0.320. The number of hydrogen-bond donors (Lipinski definition) is 2. The number of nitrogens with one attached hydrogen (secondary N) is 1. The number of aliphatic hydroxyl groups is 1. The number of nitrogens with zero attached hydrogens (tertiary/aromatic N) is 1. The third-order valence-corrected chi connectivity index (χ3v) is 4.47. The molecule has 1 amide bonds. The average molecular weight is 298 g/mol. The molecule has 0 saturated heterocycles. The highest BCUT2D eigenvalue weighted by Gasteiger charge is 2.29. The van der Waals surface area contributed by atoms with Crippen LogP contribution in [0.25, 0.3) is 0 Å². The molecule has 0 bridgehead atoms. The summed E-state index contributed by atoms with van der Waals surface area (Å²) in [6.45, 7) is 7.04. The van der Waals surface area contributed by atoms with Gasteiger partial charge in [-0.3, -0.25) is 4.79 Å². The van der Waals surface area contributed by atoms with Gasteiger partial charge in [-0.15, -0.1) is 11.8 Å². The Morgan fingerprint density at radius 1 is 1.40 bits per heavy atom. The fraction of sp³-hybridized carbons (Fsp3) is 0.500. The Balaban J connectivity index is 2.04. The molecule has 0 radical (unpaired) electrons. The van der Waals surface area contributed by atoms with E-state index in [1.165, 1.54) is 17.8 Å². The number of benzene rings is 1. The Morgan fingerprint density at radius 2 is 2.10 bits per heavy atom. The third kappa shape index (κ3) is 3.13. The normalized spacial score (nSPS) is 17.4. The maximum absolute atomic E-state index is 13.9. The number of rotatable bonds is 6. The molecule has 1 heterocycles. The van der Waals surface area contributed by atoms with E-state index in [4.69, 9.17) is 0 Å². The van der Waals surface area contributed by atoms with E-state index >= 15 is 0 Å². The number of aliphatic hydroxyl groups excluding tert-OH is 1. The number of fused-ring (bicyclic) bond motifs is 1. The van der Waals surface area contributed by atoms with Crippen LogP contribution in [0.15, 0.2) is 17.0 Å². The lowest BCUT2D eigenvalue weighted by Crippen LogP contribution is -2.25. The summed E-state index contributed by atoms with van der Waals surface area (Å²) in [5.74, 6) is -0.0954. The van der Waals surface area contributed by atoms with Gasteiger partial charge in [0.05, 0.1) is 0 Å². The van der Waals surface area contributed by atoms with Crippen molar-refractivity contribution in [1.29, 1.82) is 0 Å². The van der Waals surface area contributed by atoms with Gasteiger partial charge < -0.3 is 15.3 Å². The van der Waals surface area contributed by atoms with Crippen molar-refractivity contribution in [3.63, 3.8) is 0 Å². The highest BCUT2D eigenvalue weighted by atomic mass is 32.2. The van der Waals surface area contributed by atoms with Crippen molar-refractivity contribution in [1.82, 2.24) is 4.90 Å². The van der Waals surface area contributed by atoms with Crippen molar-refractivity contribution in [2.45, 2.75) is 24.8 Å². The first-order valence-electron chi connectivity index (χ1n) is 6.74. The van der Waals surface area contributed by atoms with Gasteiger partial charge in [0, 0.05) is 28.4 Å². The first kappa shape index (κ1) is 15.3. The van der Waals surface area contributed by atoms with E-state index in [0.29, 0.717) is 16.1 Å². The van der Waals surface area contributed by atoms with E-state index in [2.05, 4.69) is 24.1 Å². The molecule has 1 aromatic rings. The Bertz CT molecular complexity index is 506. The lowest BCUT2D eigenvalue weighted by Gasteiger charge is -2.17. The van der Waals surface area contributed by atoms with Crippen molar-refractivity contribution in [2.24, 2.45) is 0 Å². The fourth-order valence-electron chi connectivity index (χ4n) is 2.18. The van der Waals surface area contributed by atoms with Gasteiger partial charge in [-0.2, -0.15) is 0 Å². The molecule has 2 N–H and O–H groups in total. The first-order chi connectivity index (χ1) is 9.56. The van der Waals surface area contributed by atoms with E-state index < -0.39 is 12.0 Å². The molecule has 0 spiro atoms. The fourth-order valence-corrected chi connectivity index (χ4v) is 3.15. The molecule has 1 aliphatic rings. The zero-order valence-electron chi connectivity index (χ0n) is 11.6. The Labute approximate surface area is 122 Å². The van der Waals surface area contributed by atoms with Crippen LogP contribution in [0.1, 0.15) is 25.5 Å². The zero-order valence-corrected chi connectivity index (χ0v) is 12.5. The second kappa shape index (κ2) is 6.56. The molecule has 1 atom stereocenters. The van der Waals surface area contributed by atoms with E-state index in [9.17, 15) is 14.3 Å². The van der Waals surface area contributed by atoms with Crippen LogP contribution in [0.5, 0.6) is 0 Å². The monoisotopic (exact) mass is 298 g/mol. The summed E-state index contributed by atoms with van der Waals surface area (Å²) in [7, 11) is 0. The number of carbonyl (C=O) groups excluding carboxylic acids is 1. The van der Waals surface area contributed by atoms with E-state index in [-0.39, 0.29) is 5.82 Å². The second-order valence-electron chi connectivity index (χ2n) is 4.64. The minimum Gasteiger partial charge on any atom is -0.378 e. The molecule has 20 heavy (non-hydrogen) atoms. The van der Waals surface area contributed by atoms with Crippen LogP contribution in [-0.2, 0) is 4.79 Å². The highest BCUT2D eigenvalue weighted by molar-refractivity contribution is 7.99. The van der Waals surface area contributed by atoms with Crippen LogP contribution in [0.4, 0.5) is 10.1 Å². The summed E-state index contributed by atoms with van der Waals surface area (Å²) in [6, 6.07) is 2.85. The number of carbonyl (C=O) groups is 1. The van der Waals surface area contributed by atoms with Gasteiger partial charge in [-0.25, -0.2) is 4.39 Å². The van der Waals surface area contributed by atoms with Gasteiger partial charge in [0.1, 0.15) is 5.82 Å². The highest BCUT2D eigenvalue weighted by Crippen LogP contribution is 2.35. The van der Waals surface area contributed by atoms with E-state index in [1.807, 2.05) is 0 Å². The molecule has 2 rings (SSSR count). The quantitative estimate of drug-likeness (QED) is 0.791. The van der Waals surface area contributed by atoms with Crippen molar-refractivity contribution in [3.8, 4) is 0 Å². The van der Waals surface area contributed by atoms with Crippen LogP contribution in [0, 0.1) is 5.82 Å². The molecular weight excluding hydrogens is 279 g/mol. The maximum atomic E-state index is 13.9. The van der Waals surface area contributed by atoms with Crippen LogP contribution < -0.4 is 5.32 Å². The van der Waals surface area contributed by atoms with Crippen LogP contribution in [-0.4, -0.2) is 41.3 Å². The van der Waals surface area contributed by atoms with Crippen molar-refractivity contribution in [2.75, 3.05) is 30.7 Å². The Kier molecular flexibility index (Phi) is 5.01. The summed E-state index contributed by atoms with van der Waals surface area (Å²) in [6.07, 6.45) is -1.26. The molecule has 1 aliphatic heterocycles. The number of amides is 1. The molecule has 4 nitrogen and oxygen atoms in total. The number of thioether (sulfide) groups is 1. The predicted octanol–water partition coefficient (Wildman–Crippen LogP) is 2.25. The second-order valence-corrected chi connectivity index (χ2v) is 5.77. The van der Waals surface area contributed by atoms with E-state index in [1.54, 1.807) is 6.07 Å². The zero-order chi connectivity index (χ0) is 14.7. The maximum Gasteiger partial charge on any atom is 0.257 e. The minimum atomic E-state index is -1.26. The summed E-state index contributed by atoms with van der Waals surface area (Å²) >= 11 is 1.42. The smallest absolute Gasteiger partial charge is 0.257 e. The Hall–Kier alpha value is -1.11. The topological polar surface area (TPSA) is 52.6 Å². The predicted molar refractivity (Wildman–Crippen MR) is 78.5 cm³/mol. The number of anilines is 1. The molecule has 0 aliphatic carbocycles. The van der Waals surface area contributed by atoms with Crippen LogP contribution in [0.2, 0.25) is 0 Å². The molecule has 1 aromatic carbocycles. The number of halogens is 1. The Morgan fingerprint density at radius 3 is 2.75 bits per heavy atom. The summed E-state index contributed by atoms with van der Waals surface area (Å²) < 4.78 is 13.9. The summed E-state index contributed by atoms with van der Waals surface area (Å²) in [5.41, 5.74) is 0.829. The standard InChI is InChI=1S/C14H19FN2O2S/c1-3-17(4-2)5-6-20-12-8-11-9(7-10(12)15)13(18)14(19)16-11/h7-8,13,18H,3-6H2,1-2H3,(H,16,19). The van der Waals surface area contributed by atoms with Crippen molar-refractivity contribution in [3.05, 3.63) is 23.5 Å². The van der Waals surface area contributed by atoms with Gasteiger partial charge >= 0.3 is 0 Å². The molecule has 1 unspecified atom stereocenters. The van der Waals surface area contributed by atoms with Crippen molar-refractivity contribution >= 4 is 23.4 Å². The molecule has 0 aromatic heterocycles. The molecule has 0 fully saturated rings. The van der Waals surface area contributed by atoms with Gasteiger partial charge in [0.2, 0.25) is 0 Å². The van der Waals surface area contributed by atoms with Gasteiger partial charge in [0.15, 0.2) is 6.10 Å². The molecule has 0 saturated carbocycles. The molecule has 110 valence electrons. The number of hydrogen-bond acceptors (Lipinski definition) is 4. The van der Waals surface area contributed by atoms with E-state index in [0.717, 1.165) is 25.4 Å². The van der Waals surface area contributed by atoms with Gasteiger partial charge in [-0.05, 0) is 25.2 Å². The summed E-state index contributed by atoms with van der Waals surface area (Å²) in [5, 5.41) is 12.1. The molecular formula is C14H19FN2O2S. The van der Waals surface area contributed by atoms with Gasteiger partial charge in [-0.1, -0.05) is 13.8 Å². The summed E-state index contributed by atoms with van der Waals surface area (Å²) in [4.78, 5) is 14.1. The van der Waals surface area contributed by atoms with Crippen LogP contribution >= 0.6 is 11.8 Å². The van der Waals surface area contributed by atoms with Gasteiger partial charge in [0.25, 0.3) is 5.91 Å². The van der Waals surface area contributed by atoms with Crippen LogP contribution in [0.3, 0.4) is 0 Å². The lowest BCUT2D eigenvalue weighted by molar-refractivity contribution is -0.123. The van der Waals surface area contributed by atoms with Crippen molar-refractivity contribution < 1.29 is 14.3 Å². The average Bonchev–Trinajstić information content (AvgIpc) is 2.70.